The molecule has 0 spiro atoms. The summed E-state index contributed by atoms with van der Waals surface area (Å²) in [6.07, 6.45) is 13.1. The molecule has 1 aliphatic heterocycles. The van der Waals surface area contributed by atoms with Crippen molar-refractivity contribution in [2.24, 2.45) is 0 Å². The van der Waals surface area contributed by atoms with Crippen molar-refractivity contribution in [1.82, 2.24) is 34.2 Å². The van der Waals surface area contributed by atoms with E-state index >= 15 is 0 Å². The van der Waals surface area contributed by atoms with E-state index in [0.29, 0.717) is 13.0 Å². The van der Waals surface area contributed by atoms with Gasteiger partial charge in [-0.25, -0.2) is 9.97 Å². The maximum absolute atomic E-state index is 12.6. The van der Waals surface area contributed by atoms with E-state index in [4.69, 9.17) is 0 Å². The number of aromatic nitrogens is 6. The minimum Gasteiger partial charge on any atom is -0.342 e. The van der Waals surface area contributed by atoms with Gasteiger partial charge in [0.2, 0.25) is 5.91 Å². The summed E-state index contributed by atoms with van der Waals surface area (Å²) >= 11 is 0. The van der Waals surface area contributed by atoms with E-state index in [1.807, 2.05) is 41.8 Å². The van der Waals surface area contributed by atoms with Gasteiger partial charge in [-0.2, -0.15) is 5.10 Å². The third-order valence-corrected chi connectivity index (χ3v) is 5.01. The highest BCUT2D eigenvalue weighted by atomic mass is 16.2. The van der Waals surface area contributed by atoms with E-state index in [1.165, 1.54) is 11.9 Å². The first-order valence-corrected chi connectivity index (χ1v) is 9.30. The highest BCUT2D eigenvalue weighted by Crippen LogP contribution is 2.26. The number of pyridine rings is 1. The average molecular weight is 365 g/mol. The van der Waals surface area contributed by atoms with Crippen LogP contribution in [0.15, 0.2) is 49.6 Å². The highest BCUT2D eigenvalue weighted by Gasteiger charge is 2.27. The Labute approximate surface area is 157 Å². The monoisotopic (exact) mass is 365 g/mol. The fourth-order valence-electron chi connectivity index (χ4n) is 3.63. The molecule has 0 bridgehead atoms. The largest absolute Gasteiger partial charge is 0.342 e. The minimum atomic E-state index is 0.169. The first-order chi connectivity index (χ1) is 13.3. The zero-order valence-corrected chi connectivity index (χ0v) is 15.2. The molecule has 0 saturated carbocycles. The number of carbonyl (C=O) groups is 1. The fraction of sp³-hybridized carbons (Fsp3) is 0.421. The van der Waals surface area contributed by atoms with Gasteiger partial charge in [-0.1, -0.05) is 0 Å². The lowest BCUT2D eigenvalue weighted by Crippen LogP contribution is -2.40. The van der Waals surface area contributed by atoms with E-state index in [0.717, 1.165) is 38.3 Å². The number of carbonyl (C=O) groups excluding carboxylic acids is 1. The van der Waals surface area contributed by atoms with Crippen LogP contribution in [0.3, 0.4) is 0 Å². The van der Waals surface area contributed by atoms with Crippen LogP contribution in [-0.4, -0.2) is 53.2 Å². The number of piperidine rings is 1. The van der Waals surface area contributed by atoms with Crippen LogP contribution < -0.4 is 0 Å². The molecule has 8 nitrogen and oxygen atoms in total. The van der Waals surface area contributed by atoms with Crippen LogP contribution in [0.5, 0.6) is 0 Å². The van der Waals surface area contributed by atoms with E-state index in [1.54, 1.807) is 11.0 Å². The van der Waals surface area contributed by atoms with Crippen molar-refractivity contribution in [3.63, 3.8) is 0 Å². The Morgan fingerprint density at radius 1 is 1.19 bits per heavy atom. The molecule has 27 heavy (non-hydrogen) atoms. The molecule has 3 aromatic heterocycles. The molecular formula is C19H23N7O. The van der Waals surface area contributed by atoms with E-state index < -0.39 is 0 Å². The Bertz CT molecular complexity index is 859. The third kappa shape index (κ3) is 4.21. The van der Waals surface area contributed by atoms with Crippen LogP contribution in [0.1, 0.15) is 36.6 Å². The van der Waals surface area contributed by atoms with Gasteiger partial charge in [0.1, 0.15) is 18.5 Å². The van der Waals surface area contributed by atoms with E-state index in [9.17, 15) is 4.79 Å². The van der Waals surface area contributed by atoms with Gasteiger partial charge in [-0.3, -0.25) is 14.5 Å². The first-order valence-electron chi connectivity index (χ1n) is 9.30. The van der Waals surface area contributed by atoms with Gasteiger partial charge < -0.3 is 9.47 Å². The van der Waals surface area contributed by atoms with E-state index in [2.05, 4.69) is 24.6 Å². The van der Waals surface area contributed by atoms with Crippen molar-refractivity contribution in [1.29, 1.82) is 0 Å². The number of rotatable bonds is 6. The Morgan fingerprint density at radius 3 is 2.89 bits per heavy atom. The number of aryl methyl sites for hydroxylation is 1. The Hall–Kier alpha value is -3.03. The van der Waals surface area contributed by atoms with Gasteiger partial charge >= 0.3 is 0 Å². The summed E-state index contributed by atoms with van der Waals surface area (Å²) in [5.74, 6) is 1.49. The van der Waals surface area contributed by atoms with Gasteiger partial charge in [-0.05, 0) is 30.5 Å². The smallest absolute Gasteiger partial charge is 0.224 e. The number of likely N-dealkylation sites (tertiary alicyclic amines) is 1. The summed E-state index contributed by atoms with van der Waals surface area (Å²) in [4.78, 5) is 27.2. The number of hydrogen-bond acceptors (Lipinski definition) is 5. The molecule has 1 atom stereocenters. The van der Waals surface area contributed by atoms with Gasteiger partial charge in [0.25, 0.3) is 0 Å². The topological polar surface area (TPSA) is 81.7 Å². The van der Waals surface area contributed by atoms with E-state index in [-0.39, 0.29) is 11.8 Å². The first kappa shape index (κ1) is 17.4. The Balaban J connectivity index is 1.40. The third-order valence-electron chi connectivity index (χ3n) is 5.01. The van der Waals surface area contributed by atoms with Crippen LogP contribution in [0.25, 0.3) is 0 Å². The second-order valence-corrected chi connectivity index (χ2v) is 6.86. The molecule has 0 radical (unpaired) electrons. The van der Waals surface area contributed by atoms with Crippen LogP contribution in [-0.2, 0) is 17.9 Å². The molecule has 140 valence electrons. The SMILES string of the molecule is O=C(CCn1cncn1)N1CCC[C@H](c2nccn2Cc2ccncc2)C1. The van der Waals surface area contributed by atoms with Gasteiger partial charge in [-0.15, -0.1) is 0 Å². The Morgan fingerprint density at radius 2 is 2.07 bits per heavy atom. The molecule has 4 heterocycles. The molecule has 1 aliphatic rings. The second kappa shape index (κ2) is 8.11. The summed E-state index contributed by atoms with van der Waals surface area (Å²) in [6, 6.07) is 4.04. The van der Waals surface area contributed by atoms with Gasteiger partial charge in [0, 0.05) is 56.8 Å². The molecule has 1 saturated heterocycles. The van der Waals surface area contributed by atoms with Gasteiger partial charge in [0.15, 0.2) is 0 Å². The Kier molecular flexibility index (Phi) is 5.22. The maximum atomic E-state index is 12.6. The summed E-state index contributed by atoms with van der Waals surface area (Å²) in [5, 5.41) is 4.06. The van der Waals surface area contributed by atoms with Crippen LogP contribution in [0.2, 0.25) is 0 Å². The molecule has 3 aromatic rings. The summed E-state index contributed by atoms with van der Waals surface area (Å²) in [5.41, 5.74) is 1.20. The lowest BCUT2D eigenvalue weighted by molar-refractivity contribution is -0.132. The number of amides is 1. The zero-order chi connectivity index (χ0) is 18.5. The van der Waals surface area contributed by atoms with Crippen molar-refractivity contribution in [3.8, 4) is 0 Å². The molecular weight excluding hydrogens is 342 g/mol. The molecule has 4 rings (SSSR count). The normalized spacial score (nSPS) is 17.2. The van der Waals surface area contributed by atoms with Crippen molar-refractivity contribution in [2.45, 2.75) is 38.3 Å². The van der Waals surface area contributed by atoms with Crippen molar-refractivity contribution < 1.29 is 4.79 Å². The molecule has 8 heteroatoms. The maximum Gasteiger partial charge on any atom is 0.224 e. The van der Waals surface area contributed by atoms with Crippen molar-refractivity contribution in [3.05, 3.63) is 61.0 Å². The average Bonchev–Trinajstić information content (AvgIpc) is 3.39. The second-order valence-electron chi connectivity index (χ2n) is 6.86. The van der Waals surface area contributed by atoms with Crippen LogP contribution >= 0.6 is 0 Å². The predicted molar refractivity (Wildman–Crippen MR) is 98.8 cm³/mol. The summed E-state index contributed by atoms with van der Waals surface area (Å²) in [7, 11) is 0. The minimum absolute atomic E-state index is 0.169. The molecule has 1 amide bonds. The molecule has 0 unspecified atom stereocenters. The number of hydrogen-bond donors (Lipinski definition) is 0. The van der Waals surface area contributed by atoms with Crippen molar-refractivity contribution in [2.75, 3.05) is 13.1 Å². The van der Waals surface area contributed by atoms with Crippen molar-refractivity contribution >= 4 is 5.91 Å². The predicted octanol–water partition coefficient (Wildman–Crippen LogP) is 1.71. The molecule has 0 aromatic carbocycles. The summed E-state index contributed by atoms with van der Waals surface area (Å²) in [6.45, 7) is 2.88. The molecule has 0 aliphatic carbocycles. The highest BCUT2D eigenvalue weighted by molar-refractivity contribution is 5.76. The number of nitrogens with zero attached hydrogens (tertiary/aromatic N) is 7. The zero-order valence-electron chi connectivity index (χ0n) is 15.2. The lowest BCUT2D eigenvalue weighted by atomic mass is 9.96. The quantitative estimate of drug-likeness (QED) is 0.664. The van der Waals surface area contributed by atoms with Crippen LogP contribution in [0.4, 0.5) is 0 Å². The van der Waals surface area contributed by atoms with Gasteiger partial charge in [0.05, 0.1) is 6.54 Å². The molecule has 1 fully saturated rings. The standard InChI is InChI=1S/C19H23N7O/c27-18(5-10-26-15-21-14-23-26)24-9-1-2-17(13-24)19-22-8-11-25(19)12-16-3-6-20-7-4-16/h3-4,6-8,11,14-15,17H,1-2,5,9-10,12-13H2/t17-/m0/s1. The lowest BCUT2D eigenvalue weighted by Gasteiger charge is -2.32. The number of imidazole rings is 1. The fourth-order valence-corrected chi connectivity index (χ4v) is 3.63. The van der Waals surface area contributed by atoms with Crippen LogP contribution in [0, 0.1) is 0 Å². The summed E-state index contributed by atoms with van der Waals surface area (Å²) < 4.78 is 3.88. The molecule has 0 N–H and O–H groups in total.